The molecule has 1 aromatic carbocycles. The maximum absolute atomic E-state index is 14.0. The third kappa shape index (κ3) is 6.48. The minimum Gasteiger partial charge on any atom is -0.382 e. The summed E-state index contributed by atoms with van der Waals surface area (Å²) in [4.78, 5) is 34.4. The molecule has 42 heavy (non-hydrogen) atoms. The van der Waals surface area contributed by atoms with Crippen molar-refractivity contribution in [3.63, 3.8) is 0 Å². The number of nitrogens with zero attached hydrogens (tertiary/aromatic N) is 6. The topological polar surface area (TPSA) is 113 Å². The summed E-state index contributed by atoms with van der Waals surface area (Å²) in [5, 5.41) is 2.56. The van der Waals surface area contributed by atoms with Crippen LogP contribution < -0.4 is 11.1 Å². The number of nitrogens with two attached hydrogens (primary N) is 1. The van der Waals surface area contributed by atoms with Gasteiger partial charge in [-0.25, -0.2) is 15.0 Å². The van der Waals surface area contributed by atoms with E-state index in [4.69, 9.17) is 5.73 Å². The second-order valence-electron chi connectivity index (χ2n) is 10.3. The maximum atomic E-state index is 14.0. The van der Waals surface area contributed by atoms with Gasteiger partial charge in [-0.2, -0.15) is 13.2 Å². The van der Waals surface area contributed by atoms with Crippen LogP contribution in [-0.4, -0.2) is 68.9 Å². The second kappa shape index (κ2) is 11.7. The number of pyridine rings is 2. The summed E-state index contributed by atoms with van der Waals surface area (Å²) >= 11 is 0. The largest absolute Gasteiger partial charge is 0.416 e. The van der Waals surface area contributed by atoms with Crippen molar-refractivity contribution in [1.29, 1.82) is 0 Å². The fraction of sp³-hybridized carbons (Fsp3) is 0.300. The summed E-state index contributed by atoms with van der Waals surface area (Å²) in [6.45, 7) is 6.83. The number of piperazine rings is 1. The van der Waals surface area contributed by atoms with Crippen LogP contribution in [0, 0.1) is 25.7 Å². The molecule has 3 N–H and O–H groups in total. The van der Waals surface area contributed by atoms with Crippen LogP contribution in [0.15, 0.2) is 42.9 Å². The van der Waals surface area contributed by atoms with Gasteiger partial charge in [-0.1, -0.05) is 17.9 Å². The molecule has 1 fully saturated rings. The quantitative estimate of drug-likeness (QED) is 0.352. The molecule has 216 valence electrons. The van der Waals surface area contributed by atoms with Crippen LogP contribution in [0.4, 0.5) is 24.7 Å². The average molecular weight is 575 g/mol. The zero-order chi connectivity index (χ0) is 30.0. The Kier molecular flexibility index (Phi) is 8.06. The van der Waals surface area contributed by atoms with Gasteiger partial charge in [0.25, 0.3) is 5.91 Å². The molecule has 4 aromatic rings. The minimum atomic E-state index is -4.57. The van der Waals surface area contributed by atoms with Crippen LogP contribution in [0.1, 0.15) is 44.0 Å². The molecule has 9 nitrogen and oxygen atoms in total. The summed E-state index contributed by atoms with van der Waals surface area (Å²) < 4.78 is 41.9. The average Bonchev–Trinajstić information content (AvgIpc) is 2.95. The van der Waals surface area contributed by atoms with Gasteiger partial charge in [-0.15, -0.1) is 0 Å². The van der Waals surface area contributed by atoms with Crippen molar-refractivity contribution in [2.24, 2.45) is 0 Å². The smallest absolute Gasteiger partial charge is 0.382 e. The van der Waals surface area contributed by atoms with E-state index < -0.39 is 17.6 Å². The number of halogens is 3. The molecular weight excluding hydrogens is 545 g/mol. The number of carbonyl (C=O) groups excluding carboxylic acids is 1. The van der Waals surface area contributed by atoms with Crippen molar-refractivity contribution < 1.29 is 18.0 Å². The van der Waals surface area contributed by atoms with E-state index in [1.54, 1.807) is 0 Å². The summed E-state index contributed by atoms with van der Waals surface area (Å²) in [5.41, 5.74) is 8.90. The number of aromatic nitrogens is 4. The van der Waals surface area contributed by atoms with Crippen LogP contribution in [0.25, 0.3) is 11.0 Å². The lowest BCUT2D eigenvalue weighted by molar-refractivity contribution is -0.138. The van der Waals surface area contributed by atoms with Gasteiger partial charge in [-0.3, -0.25) is 14.7 Å². The van der Waals surface area contributed by atoms with Crippen molar-refractivity contribution in [2.75, 3.05) is 44.3 Å². The Hall–Kier alpha value is -4.60. The maximum Gasteiger partial charge on any atom is 0.416 e. The van der Waals surface area contributed by atoms with E-state index in [9.17, 15) is 18.0 Å². The molecule has 3 aromatic heterocycles. The highest BCUT2D eigenvalue weighted by Gasteiger charge is 2.34. The highest BCUT2D eigenvalue weighted by molar-refractivity contribution is 6.04. The van der Waals surface area contributed by atoms with Crippen molar-refractivity contribution >= 4 is 28.4 Å². The molecule has 12 heteroatoms. The number of carbonyl (C=O) groups is 1. The van der Waals surface area contributed by atoms with Crippen LogP contribution >= 0.6 is 0 Å². The van der Waals surface area contributed by atoms with Gasteiger partial charge in [0, 0.05) is 62.6 Å². The number of benzene rings is 1. The molecule has 0 spiro atoms. The normalized spacial score (nSPS) is 14.4. The summed E-state index contributed by atoms with van der Waals surface area (Å²) in [5.74, 6) is 5.57. The number of fused-ring (bicyclic) bond motifs is 1. The zero-order valence-corrected chi connectivity index (χ0v) is 23.4. The predicted octanol–water partition coefficient (Wildman–Crippen LogP) is 4.04. The van der Waals surface area contributed by atoms with Gasteiger partial charge in [0.1, 0.15) is 11.0 Å². The number of aryl methyl sites for hydroxylation is 2. The first kappa shape index (κ1) is 28.9. The minimum absolute atomic E-state index is 0.0367. The highest BCUT2D eigenvalue weighted by atomic mass is 19.4. The van der Waals surface area contributed by atoms with E-state index in [0.717, 1.165) is 30.5 Å². The van der Waals surface area contributed by atoms with Crippen LogP contribution in [0.3, 0.4) is 0 Å². The molecule has 1 saturated heterocycles. The van der Waals surface area contributed by atoms with E-state index in [0.29, 0.717) is 35.2 Å². The lowest BCUT2D eigenvalue weighted by atomic mass is 10.0. The molecule has 0 bridgehead atoms. The van der Waals surface area contributed by atoms with E-state index in [-0.39, 0.29) is 29.2 Å². The Bertz CT molecular complexity index is 1720. The van der Waals surface area contributed by atoms with E-state index in [1.807, 2.05) is 25.8 Å². The molecular formula is C30H29F3N8O. The molecule has 0 saturated carbocycles. The summed E-state index contributed by atoms with van der Waals surface area (Å²) in [6, 6.07) is 5.40. The molecule has 0 aliphatic carbocycles. The van der Waals surface area contributed by atoms with E-state index >= 15 is 0 Å². The third-order valence-electron chi connectivity index (χ3n) is 7.14. The first-order valence-electron chi connectivity index (χ1n) is 13.3. The number of nitrogens with one attached hydrogen (secondary N) is 1. The standard InChI is InChI=1S/C30H29F3N8O/c1-18-19(2)38-27-26(37-18)21(16-36-28(27)34)5-4-20-12-23(15-35-14-20)29(42)39-24-7-6-22(25(13-24)30(31,32)33)17-41-10-8-40(3)9-11-41/h6-7,12-16H,8-11,17H2,1-3H3,(H2,34,36)(H,39,42). The summed E-state index contributed by atoms with van der Waals surface area (Å²) in [7, 11) is 1.99. The highest BCUT2D eigenvalue weighted by Crippen LogP contribution is 2.34. The number of hydrogen-bond acceptors (Lipinski definition) is 8. The number of likely N-dealkylation sites (N-methyl/N-ethyl adjacent to an activating group) is 1. The van der Waals surface area contributed by atoms with E-state index in [2.05, 4.69) is 42.0 Å². The van der Waals surface area contributed by atoms with Crippen LogP contribution in [0.2, 0.25) is 0 Å². The van der Waals surface area contributed by atoms with Gasteiger partial charge < -0.3 is 16.0 Å². The first-order valence-corrected chi connectivity index (χ1v) is 13.3. The first-order chi connectivity index (χ1) is 20.0. The van der Waals surface area contributed by atoms with Gasteiger partial charge in [0.05, 0.1) is 28.1 Å². The monoisotopic (exact) mass is 574 g/mol. The van der Waals surface area contributed by atoms with Gasteiger partial charge in [0.15, 0.2) is 5.82 Å². The van der Waals surface area contributed by atoms with Crippen molar-refractivity contribution in [1.82, 2.24) is 29.7 Å². The Morgan fingerprint density at radius 2 is 1.71 bits per heavy atom. The lowest BCUT2D eigenvalue weighted by Crippen LogP contribution is -2.44. The lowest BCUT2D eigenvalue weighted by Gasteiger charge is -2.33. The Morgan fingerprint density at radius 1 is 1.00 bits per heavy atom. The van der Waals surface area contributed by atoms with Crippen LogP contribution in [0.5, 0.6) is 0 Å². The fourth-order valence-electron chi connectivity index (χ4n) is 4.60. The van der Waals surface area contributed by atoms with Crippen LogP contribution in [-0.2, 0) is 12.7 Å². The fourth-order valence-corrected chi connectivity index (χ4v) is 4.60. The number of nitrogen functional groups attached to an aromatic ring is 1. The SMILES string of the molecule is Cc1nc2c(C#Cc3cncc(C(=O)Nc4ccc(CN5CCN(C)CC5)c(C(F)(F)F)c4)c3)cnc(N)c2nc1C. The molecule has 1 aliphatic heterocycles. The Morgan fingerprint density at radius 3 is 2.43 bits per heavy atom. The molecule has 1 amide bonds. The Balaban J connectivity index is 1.36. The number of amides is 1. The molecule has 5 rings (SSSR count). The van der Waals surface area contributed by atoms with Gasteiger partial charge >= 0.3 is 6.18 Å². The van der Waals surface area contributed by atoms with E-state index in [1.165, 1.54) is 36.8 Å². The molecule has 1 aliphatic rings. The third-order valence-corrected chi connectivity index (χ3v) is 7.14. The molecule has 0 radical (unpaired) electrons. The summed E-state index contributed by atoms with van der Waals surface area (Å²) in [6.07, 6.45) is -0.260. The van der Waals surface area contributed by atoms with Crippen molar-refractivity contribution in [3.8, 4) is 11.8 Å². The molecule has 4 heterocycles. The second-order valence-corrected chi connectivity index (χ2v) is 10.3. The number of alkyl halides is 3. The Labute approximate surface area is 241 Å². The predicted molar refractivity (Wildman–Crippen MR) is 154 cm³/mol. The number of anilines is 2. The molecule has 0 unspecified atom stereocenters. The zero-order valence-electron chi connectivity index (χ0n) is 23.4. The van der Waals surface area contributed by atoms with Crippen molar-refractivity contribution in [3.05, 3.63) is 82.1 Å². The van der Waals surface area contributed by atoms with Crippen molar-refractivity contribution in [2.45, 2.75) is 26.6 Å². The molecule has 0 atom stereocenters. The van der Waals surface area contributed by atoms with Gasteiger partial charge in [-0.05, 0) is 44.7 Å². The van der Waals surface area contributed by atoms with Gasteiger partial charge in [0.2, 0.25) is 0 Å². The number of hydrogen-bond donors (Lipinski definition) is 2. The number of rotatable bonds is 4.